The van der Waals surface area contributed by atoms with E-state index in [0.29, 0.717) is 5.56 Å². The Morgan fingerprint density at radius 1 is 1.12 bits per heavy atom. The molecule has 0 aliphatic carbocycles. The number of amides is 1. The number of hydroxylamine groups is 2. The highest BCUT2D eigenvalue weighted by molar-refractivity contribution is 7.89. The first-order chi connectivity index (χ1) is 11.8. The van der Waals surface area contributed by atoms with Crippen LogP contribution in [0.25, 0.3) is 0 Å². The highest BCUT2D eigenvalue weighted by Crippen LogP contribution is 2.21. The summed E-state index contributed by atoms with van der Waals surface area (Å²) in [4.78, 5) is 17.2. The lowest BCUT2D eigenvalue weighted by Crippen LogP contribution is -2.34. The zero-order chi connectivity index (χ0) is 18.4. The molecule has 1 unspecified atom stereocenters. The van der Waals surface area contributed by atoms with Gasteiger partial charge in [-0.1, -0.05) is 48.0 Å². The molecule has 134 valence electrons. The first-order valence-electron chi connectivity index (χ1n) is 7.78. The molecule has 0 heterocycles. The van der Waals surface area contributed by atoms with Crippen LogP contribution >= 0.6 is 0 Å². The Kier molecular flexibility index (Phi) is 6.30. The summed E-state index contributed by atoms with van der Waals surface area (Å²) in [5.74, 6) is -0.331. The van der Waals surface area contributed by atoms with Gasteiger partial charge < -0.3 is 0 Å². The smallest absolute Gasteiger partial charge is 0.247 e. The Bertz CT molecular complexity index is 805. The molecule has 2 rings (SSSR count). The monoisotopic (exact) mass is 362 g/mol. The molecule has 0 fully saturated rings. The maximum absolute atomic E-state index is 12.7. The molecule has 0 bridgehead atoms. The highest BCUT2D eigenvalue weighted by atomic mass is 32.2. The topological polar surface area (TPSA) is 75.7 Å². The first kappa shape index (κ1) is 19.1. The van der Waals surface area contributed by atoms with E-state index < -0.39 is 16.1 Å². The van der Waals surface area contributed by atoms with Crippen molar-refractivity contribution in [3.63, 3.8) is 0 Å². The van der Waals surface area contributed by atoms with Gasteiger partial charge in [0.2, 0.25) is 15.9 Å². The fraction of sp³-hybridized carbons (Fsp3) is 0.278. The molecule has 0 aliphatic rings. The third kappa shape index (κ3) is 5.12. The highest BCUT2D eigenvalue weighted by Gasteiger charge is 2.25. The van der Waals surface area contributed by atoms with Crippen molar-refractivity contribution in [3.8, 4) is 0 Å². The van der Waals surface area contributed by atoms with Crippen molar-refractivity contribution >= 4 is 15.9 Å². The van der Waals surface area contributed by atoms with Gasteiger partial charge in [-0.15, -0.1) is 0 Å². The summed E-state index contributed by atoms with van der Waals surface area (Å²) in [7, 11) is -0.898. The number of benzene rings is 2. The van der Waals surface area contributed by atoms with Gasteiger partial charge in [0, 0.05) is 13.5 Å². The van der Waals surface area contributed by atoms with E-state index in [9.17, 15) is 13.2 Å². The van der Waals surface area contributed by atoms with E-state index in [4.69, 9.17) is 4.84 Å². The number of sulfonamides is 1. The van der Waals surface area contributed by atoms with Crippen molar-refractivity contribution in [1.29, 1.82) is 0 Å². The Hall–Kier alpha value is -2.22. The van der Waals surface area contributed by atoms with Gasteiger partial charge in [-0.25, -0.2) is 18.2 Å². The van der Waals surface area contributed by atoms with Crippen LogP contribution in [0.5, 0.6) is 0 Å². The lowest BCUT2D eigenvalue weighted by Gasteiger charge is -2.21. The van der Waals surface area contributed by atoms with Crippen molar-refractivity contribution in [1.82, 2.24) is 9.79 Å². The third-order valence-electron chi connectivity index (χ3n) is 3.83. The van der Waals surface area contributed by atoms with E-state index in [0.717, 1.165) is 10.6 Å². The van der Waals surface area contributed by atoms with E-state index in [-0.39, 0.29) is 17.2 Å². The summed E-state index contributed by atoms with van der Waals surface area (Å²) in [5.41, 5.74) is 1.67. The summed E-state index contributed by atoms with van der Waals surface area (Å²) < 4.78 is 28.0. The van der Waals surface area contributed by atoms with E-state index in [1.54, 1.807) is 48.5 Å². The van der Waals surface area contributed by atoms with Gasteiger partial charge in [0.25, 0.3) is 0 Å². The van der Waals surface area contributed by atoms with Gasteiger partial charge in [0.1, 0.15) is 0 Å². The molecule has 0 aliphatic heterocycles. The number of rotatable bonds is 7. The maximum Gasteiger partial charge on any atom is 0.247 e. The van der Waals surface area contributed by atoms with E-state index >= 15 is 0 Å². The lowest BCUT2D eigenvalue weighted by molar-refractivity contribution is -0.169. The van der Waals surface area contributed by atoms with E-state index in [1.165, 1.54) is 14.2 Å². The lowest BCUT2D eigenvalue weighted by atomic mass is 10.0. The molecule has 2 aromatic carbocycles. The fourth-order valence-corrected chi connectivity index (χ4v) is 3.52. The molecule has 0 saturated carbocycles. The maximum atomic E-state index is 12.7. The molecule has 2 aromatic rings. The minimum absolute atomic E-state index is 0.0561. The number of aryl methyl sites for hydroxylation is 1. The van der Waals surface area contributed by atoms with Gasteiger partial charge in [-0.3, -0.25) is 9.63 Å². The first-order valence-corrected chi connectivity index (χ1v) is 9.26. The molecule has 6 nitrogen and oxygen atoms in total. The van der Waals surface area contributed by atoms with Crippen molar-refractivity contribution < 1.29 is 18.0 Å². The van der Waals surface area contributed by atoms with E-state index in [2.05, 4.69) is 4.72 Å². The van der Waals surface area contributed by atoms with Crippen LogP contribution in [-0.2, 0) is 19.7 Å². The van der Waals surface area contributed by atoms with Gasteiger partial charge in [-0.05, 0) is 24.6 Å². The average molecular weight is 362 g/mol. The summed E-state index contributed by atoms with van der Waals surface area (Å²) in [5, 5.41) is 1.08. The second-order valence-corrected chi connectivity index (χ2v) is 7.39. The Morgan fingerprint density at radius 3 is 2.28 bits per heavy atom. The second kappa shape index (κ2) is 8.24. The van der Waals surface area contributed by atoms with Crippen LogP contribution in [0.1, 0.15) is 23.6 Å². The standard InChI is InChI=1S/C18H22N2O4S/c1-14-9-11-16(12-10-14)25(22,23)19-17(13-18(21)20(2)24-3)15-7-5-4-6-8-15/h4-12,17,19H,13H2,1-3H3. The van der Waals surface area contributed by atoms with Crippen LogP contribution < -0.4 is 4.72 Å². The predicted molar refractivity (Wildman–Crippen MR) is 95.1 cm³/mol. The molecular formula is C18H22N2O4S. The van der Waals surface area contributed by atoms with Crippen LogP contribution in [0.4, 0.5) is 0 Å². The summed E-state index contributed by atoms with van der Waals surface area (Å²) in [6.45, 7) is 1.88. The normalized spacial score (nSPS) is 12.6. The quantitative estimate of drug-likeness (QED) is 0.768. The van der Waals surface area contributed by atoms with Crippen LogP contribution in [-0.4, -0.2) is 33.5 Å². The molecule has 7 heteroatoms. The molecule has 0 aromatic heterocycles. The van der Waals surface area contributed by atoms with Crippen LogP contribution in [0.15, 0.2) is 59.5 Å². The summed E-state index contributed by atoms with van der Waals surface area (Å²) in [6.07, 6.45) is -0.0561. The van der Waals surface area contributed by atoms with Gasteiger partial charge in [-0.2, -0.15) is 0 Å². The zero-order valence-electron chi connectivity index (χ0n) is 14.5. The summed E-state index contributed by atoms with van der Waals surface area (Å²) >= 11 is 0. The van der Waals surface area contributed by atoms with Crippen molar-refractivity contribution in [3.05, 3.63) is 65.7 Å². The minimum atomic E-state index is -3.76. The van der Waals surface area contributed by atoms with Crippen molar-refractivity contribution in [2.75, 3.05) is 14.2 Å². The predicted octanol–water partition coefficient (Wildman–Crippen LogP) is 2.42. The van der Waals surface area contributed by atoms with Gasteiger partial charge >= 0.3 is 0 Å². The fourth-order valence-electron chi connectivity index (χ4n) is 2.29. The third-order valence-corrected chi connectivity index (χ3v) is 5.32. The van der Waals surface area contributed by atoms with Crippen molar-refractivity contribution in [2.45, 2.75) is 24.3 Å². The number of nitrogens with zero attached hydrogens (tertiary/aromatic N) is 1. The molecular weight excluding hydrogens is 340 g/mol. The van der Waals surface area contributed by atoms with Gasteiger partial charge in [0.15, 0.2) is 0 Å². The molecule has 0 radical (unpaired) electrons. The molecule has 1 atom stereocenters. The Balaban J connectivity index is 2.29. The number of carbonyl (C=O) groups is 1. The van der Waals surface area contributed by atoms with Crippen LogP contribution in [0, 0.1) is 6.92 Å². The number of nitrogens with one attached hydrogen (secondary N) is 1. The average Bonchev–Trinajstić information content (AvgIpc) is 2.61. The molecule has 1 amide bonds. The van der Waals surface area contributed by atoms with Crippen LogP contribution in [0.3, 0.4) is 0 Å². The zero-order valence-corrected chi connectivity index (χ0v) is 15.3. The van der Waals surface area contributed by atoms with E-state index in [1.807, 2.05) is 13.0 Å². The second-order valence-electron chi connectivity index (χ2n) is 5.68. The number of hydrogen-bond acceptors (Lipinski definition) is 4. The molecule has 0 spiro atoms. The number of hydrogen-bond donors (Lipinski definition) is 1. The van der Waals surface area contributed by atoms with Gasteiger partial charge in [0.05, 0.1) is 18.0 Å². The van der Waals surface area contributed by atoms with Crippen LogP contribution in [0.2, 0.25) is 0 Å². The SMILES string of the molecule is CON(C)C(=O)CC(NS(=O)(=O)c1ccc(C)cc1)c1ccccc1. The Labute approximate surface area is 148 Å². The molecule has 25 heavy (non-hydrogen) atoms. The summed E-state index contributed by atoms with van der Waals surface area (Å²) in [6, 6.07) is 14.8. The number of carbonyl (C=O) groups excluding carboxylic acids is 1. The largest absolute Gasteiger partial charge is 0.275 e. The minimum Gasteiger partial charge on any atom is -0.275 e. The Morgan fingerprint density at radius 2 is 1.72 bits per heavy atom. The molecule has 1 N–H and O–H groups in total. The molecule has 0 saturated heterocycles. The van der Waals surface area contributed by atoms with Crippen molar-refractivity contribution in [2.24, 2.45) is 0 Å².